The van der Waals surface area contributed by atoms with Gasteiger partial charge in [-0.2, -0.15) is 0 Å². The van der Waals surface area contributed by atoms with Crippen molar-refractivity contribution in [1.29, 1.82) is 0 Å². The normalized spacial score (nSPS) is 28.2. The third-order valence-corrected chi connectivity index (χ3v) is 18.6. The molecule has 6 nitrogen and oxygen atoms in total. The summed E-state index contributed by atoms with van der Waals surface area (Å²) in [4.78, 5) is 11.1. The van der Waals surface area contributed by atoms with Crippen molar-refractivity contribution in [2.75, 3.05) is 0 Å². The summed E-state index contributed by atoms with van der Waals surface area (Å²) in [6, 6.07) is -0.0887. The smallest absolute Gasteiger partial charge is 0.328 e. The molecule has 0 aromatic rings. The van der Waals surface area contributed by atoms with Gasteiger partial charge in [0.2, 0.25) is 0 Å². The van der Waals surface area contributed by atoms with Crippen molar-refractivity contribution in [3.63, 3.8) is 0 Å². The van der Waals surface area contributed by atoms with Gasteiger partial charge in [-0.3, -0.25) is 4.79 Å². The SMILES string of the molecule is C[Si]1(C)O[Si](C)(C)O[Si](C)(CC(=O)O)O[Si](C)(C)O1. The van der Waals surface area contributed by atoms with E-state index in [1.807, 2.05) is 39.3 Å². The molecule has 0 radical (unpaired) electrons. The van der Waals surface area contributed by atoms with Gasteiger partial charge < -0.3 is 21.6 Å². The van der Waals surface area contributed by atoms with Crippen LogP contribution in [0.2, 0.25) is 51.9 Å². The second-order valence-corrected chi connectivity index (χ2v) is 20.6. The Labute approximate surface area is 119 Å². The van der Waals surface area contributed by atoms with E-state index in [0.29, 0.717) is 0 Å². The highest BCUT2D eigenvalue weighted by atomic mass is 28.5. The summed E-state index contributed by atoms with van der Waals surface area (Å²) in [7, 11) is -10.00. The number of carboxylic acids is 1. The third-order valence-electron chi connectivity index (χ3n) is 2.38. The Kier molecular flexibility index (Phi) is 4.70. The van der Waals surface area contributed by atoms with Crippen LogP contribution < -0.4 is 0 Å². The summed E-state index contributed by atoms with van der Waals surface area (Å²) in [5, 5.41) is 9.07. The zero-order valence-corrected chi connectivity index (χ0v) is 16.7. The maximum Gasteiger partial charge on any atom is 0.328 e. The lowest BCUT2D eigenvalue weighted by atomic mass is 10.8. The van der Waals surface area contributed by atoms with Crippen LogP contribution in [0.3, 0.4) is 0 Å². The molecule has 112 valence electrons. The van der Waals surface area contributed by atoms with E-state index in [2.05, 4.69) is 0 Å². The van der Waals surface area contributed by atoms with Crippen molar-refractivity contribution in [3.8, 4) is 0 Å². The van der Waals surface area contributed by atoms with Crippen LogP contribution in [0.5, 0.6) is 0 Å². The van der Waals surface area contributed by atoms with E-state index in [1.54, 1.807) is 6.55 Å². The fourth-order valence-corrected chi connectivity index (χ4v) is 23.7. The number of hydrogen-bond acceptors (Lipinski definition) is 5. The molecule has 10 heteroatoms. The predicted molar refractivity (Wildman–Crippen MR) is 80.8 cm³/mol. The molecule has 0 amide bonds. The zero-order valence-electron chi connectivity index (χ0n) is 12.7. The molecule has 0 saturated carbocycles. The van der Waals surface area contributed by atoms with Gasteiger partial charge >= 0.3 is 40.2 Å². The molecule has 1 aliphatic heterocycles. The summed E-state index contributed by atoms with van der Waals surface area (Å²) in [5.74, 6) is -0.902. The Morgan fingerprint density at radius 3 is 1.42 bits per heavy atom. The van der Waals surface area contributed by atoms with Gasteiger partial charge in [0.1, 0.15) is 0 Å². The minimum absolute atomic E-state index is 0.0887. The van der Waals surface area contributed by atoms with Crippen LogP contribution in [0.1, 0.15) is 0 Å². The Morgan fingerprint density at radius 2 is 1.11 bits per heavy atom. The van der Waals surface area contributed by atoms with Gasteiger partial charge in [-0.15, -0.1) is 0 Å². The number of rotatable bonds is 2. The van der Waals surface area contributed by atoms with Gasteiger partial charge in [-0.05, 0) is 45.8 Å². The van der Waals surface area contributed by atoms with Gasteiger partial charge in [-0.1, -0.05) is 0 Å². The fourth-order valence-electron chi connectivity index (χ4n) is 2.65. The molecule has 1 rings (SSSR count). The van der Waals surface area contributed by atoms with Crippen molar-refractivity contribution < 1.29 is 26.4 Å². The van der Waals surface area contributed by atoms with Gasteiger partial charge in [0.25, 0.3) is 0 Å². The van der Waals surface area contributed by atoms with Gasteiger partial charge in [-0.25, -0.2) is 0 Å². The van der Waals surface area contributed by atoms with E-state index in [4.69, 9.17) is 21.6 Å². The molecule has 0 aromatic heterocycles. The Morgan fingerprint density at radius 1 is 0.789 bits per heavy atom. The first-order valence-electron chi connectivity index (χ1n) is 6.27. The van der Waals surface area contributed by atoms with Crippen molar-refractivity contribution in [3.05, 3.63) is 0 Å². The molecular formula is C9H24O6Si4. The molecule has 1 fully saturated rings. The molecule has 1 heterocycles. The topological polar surface area (TPSA) is 74.2 Å². The first-order valence-corrected chi connectivity index (χ1v) is 17.2. The van der Waals surface area contributed by atoms with E-state index in [-0.39, 0.29) is 6.04 Å². The van der Waals surface area contributed by atoms with E-state index in [0.717, 1.165) is 0 Å². The van der Waals surface area contributed by atoms with Gasteiger partial charge in [0.05, 0.1) is 6.04 Å². The fraction of sp³-hybridized carbons (Fsp3) is 0.889. The maximum atomic E-state index is 11.1. The molecule has 0 unspecified atom stereocenters. The standard InChI is InChI=1S/C9H24O6Si4/c1-16(2)12-17(3,4)14-19(7,8-9(10)11)15-18(5,6)13-16/h8H2,1-7H3,(H,10,11). The van der Waals surface area contributed by atoms with Crippen molar-refractivity contribution in [2.45, 2.75) is 51.9 Å². The molecule has 1 saturated heterocycles. The van der Waals surface area contributed by atoms with Gasteiger partial charge in [0, 0.05) is 0 Å². The summed E-state index contributed by atoms with van der Waals surface area (Å²) < 4.78 is 24.4. The largest absolute Gasteiger partial charge is 0.481 e. The molecule has 0 aromatic carbocycles. The summed E-state index contributed by atoms with van der Waals surface area (Å²) in [6.45, 7) is 13.4. The van der Waals surface area contributed by atoms with Crippen LogP contribution in [0.15, 0.2) is 0 Å². The summed E-state index contributed by atoms with van der Waals surface area (Å²) in [5.41, 5.74) is 0. The average Bonchev–Trinajstić information content (AvgIpc) is 1.87. The summed E-state index contributed by atoms with van der Waals surface area (Å²) in [6.07, 6.45) is 0. The number of hydrogen-bond donors (Lipinski definition) is 1. The maximum absolute atomic E-state index is 11.1. The van der Waals surface area contributed by atoms with Gasteiger partial charge in [0.15, 0.2) is 0 Å². The molecule has 0 spiro atoms. The second-order valence-electron chi connectivity index (χ2n) is 6.31. The lowest BCUT2D eigenvalue weighted by Gasteiger charge is -2.47. The number of carboxylic acid groups (broad SMARTS) is 1. The monoisotopic (exact) mass is 340 g/mol. The Bertz CT molecular complexity index is 348. The van der Waals surface area contributed by atoms with Crippen LogP contribution >= 0.6 is 0 Å². The van der Waals surface area contributed by atoms with Crippen molar-refractivity contribution in [2.24, 2.45) is 0 Å². The highest BCUT2D eigenvalue weighted by molar-refractivity contribution is 6.93. The Balaban J connectivity index is 3.07. The molecule has 1 N–H and O–H groups in total. The molecular weight excluding hydrogens is 316 g/mol. The number of carbonyl (C=O) groups is 1. The summed E-state index contributed by atoms with van der Waals surface area (Å²) >= 11 is 0. The zero-order chi connectivity index (χ0) is 15.1. The van der Waals surface area contributed by atoms with E-state index >= 15 is 0 Å². The second kappa shape index (κ2) is 5.18. The van der Waals surface area contributed by atoms with Crippen LogP contribution in [0.4, 0.5) is 0 Å². The van der Waals surface area contributed by atoms with Crippen LogP contribution in [0, 0.1) is 0 Å². The number of aliphatic carboxylic acids is 1. The Hall–Kier alpha value is 0.178. The van der Waals surface area contributed by atoms with Crippen molar-refractivity contribution in [1.82, 2.24) is 0 Å². The highest BCUT2D eigenvalue weighted by Crippen LogP contribution is 2.32. The lowest BCUT2D eigenvalue weighted by Crippen LogP contribution is -2.65. The van der Waals surface area contributed by atoms with Crippen molar-refractivity contribution >= 4 is 40.2 Å². The minimum atomic E-state index is -2.82. The van der Waals surface area contributed by atoms with E-state index in [1.165, 1.54) is 0 Å². The highest BCUT2D eigenvalue weighted by Gasteiger charge is 2.53. The minimum Gasteiger partial charge on any atom is -0.481 e. The molecule has 0 atom stereocenters. The average molecular weight is 341 g/mol. The predicted octanol–water partition coefficient (Wildman–Crippen LogP) is 2.33. The van der Waals surface area contributed by atoms with Crippen LogP contribution in [0.25, 0.3) is 0 Å². The lowest BCUT2D eigenvalue weighted by molar-refractivity contribution is -0.134. The van der Waals surface area contributed by atoms with Crippen LogP contribution in [-0.4, -0.2) is 45.3 Å². The quantitative estimate of drug-likeness (QED) is 0.778. The van der Waals surface area contributed by atoms with E-state index in [9.17, 15) is 4.79 Å². The van der Waals surface area contributed by atoms with E-state index < -0.39 is 40.2 Å². The molecule has 19 heavy (non-hydrogen) atoms. The first kappa shape index (κ1) is 17.2. The first-order chi connectivity index (χ1) is 8.24. The van der Waals surface area contributed by atoms with Crippen LogP contribution in [-0.2, 0) is 21.3 Å². The molecule has 1 aliphatic rings. The third kappa shape index (κ3) is 5.59. The molecule has 0 bridgehead atoms. The molecule has 0 aliphatic carbocycles.